The first-order valence-electron chi connectivity index (χ1n) is 1.80. The van der Waals surface area contributed by atoms with Crippen molar-refractivity contribution in [1.82, 2.24) is 5.32 Å². The Kier molecular flexibility index (Phi) is 3.64. The molecule has 0 heterocycles. The van der Waals surface area contributed by atoms with Crippen LogP contribution in [0.3, 0.4) is 0 Å². The smallest absolute Gasteiger partial charge is 0.240 e. The van der Waals surface area contributed by atoms with E-state index in [1.54, 1.807) is 0 Å². The lowest BCUT2D eigenvalue weighted by atomic mass is 10.7. The van der Waals surface area contributed by atoms with Gasteiger partial charge in [-0.2, -0.15) is 0 Å². The van der Waals surface area contributed by atoms with Crippen molar-refractivity contribution < 1.29 is 4.79 Å². The highest BCUT2D eigenvalue weighted by Crippen LogP contribution is 1.76. The van der Waals surface area contributed by atoms with Gasteiger partial charge in [-0.05, 0) is 0 Å². The van der Waals surface area contributed by atoms with Gasteiger partial charge in [0.2, 0.25) is 5.91 Å². The summed E-state index contributed by atoms with van der Waals surface area (Å²) in [4.78, 5) is 10.2. The predicted octanol–water partition coefficient (Wildman–Crippen LogP) is 0.206. The average Bonchev–Trinajstić information content (AvgIpc) is 1.65. The third-order valence-electron chi connectivity index (χ3n) is 0.379. The molecular weight excluding hydrogens is 148 g/mol. The molecule has 0 aliphatic heterocycles. The van der Waals surface area contributed by atoms with Gasteiger partial charge in [0, 0.05) is 0 Å². The molecule has 0 atom stereocenters. The highest BCUT2D eigenvalue weighted by atomic mass is 35.5. The number of amides is 1. The molecule has 8 heavy (non-hydrogen) atoms. The van der Waals surface area contributed by atoms with Crippen LogP contribution >= 0.6 is 24.2 Å². The van der Waals surface area contributed by atoms with Crippen LogP contribution in [0.15, 0.2) is 0 Å². The zero-order chi connectivity index (χ0) is 6.57. The van der Waals surface area contributed by atoms with Gasteiger partial charge in [0.1, 0.15) is 5.88 Å². The quantitative estimate of drug-likeness (QED) is 0.214. The fraction of sp³-hybridized carbons (Fsp3) is 0.333. The Morgan fingerprint density at radius 2 is 2.38 bits per heavy atom. The van der Waals surface area contributed by atoms with Gasteiger partial charge in [0.15, 0.2) is 5.17 Å². The number of alkyl halides is 1. The van der Waals surface area contributed by atoms with E-state index in [0.717, 1.165) is 0 Å². The van der Waals surface area contributed by atoms with Crippen molar-refractivity contribution in [3.8, 4) is 0 Å². The van der Waals surface area contributed by atoms with E-state index in [1.165, 1.54) is 0 Å². The minimum Gasteiger partial charge on any atom is -0.305 e. The predicted molar refractivity (Wildman–Crippen MR) is 35.6 cm³/mol. The number of thiol groups is 1. The number of hydrogen-bond donors (Lipinski definition) is 3. The van der Waals surface area contributed by atoms with E-state index in [2.05, 4.69) is 17.9 Å². The molecule has 0 bridgehead atoms. The minimum atomic E-state index is -0.410. The summed E-state index contributed by atoms with van der Waals surface area (Å²) in [6.45, 7) is 0. The van der Waals surface area contributed by atoms with Crippen LogP contribution in [0.4, 0.5) is 0 Å². The zero-order valence-electron chi connectivity index (χ0n) is 3.94. The molecule has 0 saturated carbocycles. The summed E-state index contributed by atoms with van der Waals surface area (Å²) in [6.07, 6.45) is 0. The monoisotopic (exact) mass is 152 g/mol. The first kappa shape index (κ1) is 7.78. The molecule has 0 aliphatic carbocycles. The van der Waals surface area contributed by atoms with Gasteiger partial charge >= 0.3 is 0 Å². The normalized spacial score (nSPS) is 8.25. The molecule has 0 fully saturated rings. The number of amidine groups is 1. The molecule has 0 aromatic carbocycles. The van der Waals surface area contributed by atoms with E-state index in [0.29, 0.717) is 0 Å². The average molecular weight is 153 g/mol. The maximum Gasteiger partial charge on any atom is 0.240 e. The SMILES string of the molecule is N=C(S)NC(=O)CCl. The molecule has 0 aromatic heterocycles. The highest BCUT2D eigenvalue weighted by molar-refractivity contribution is 7.96. The molecule has 46 valence electrons. The first-order valence-corrected chi connectivity index (χ1v) is 2.78. The second-order valence-electron chi connectivity index (χ2n) is 1.03. The fourth-order valence-corrected chi connectivity index (χ4v) is 0.357. The van der Waals surface area contributed by atoms with Crippen LogP contribution in [-0.2, 0) is 4.79 Å². The topological polar surface area (TPSA) is 53.0 Å². The molecule has 3 nitrogen and oxygen atoms in total. The lowest BCUT2D eigenvalue weighted by Gasteiger charge is -1.94. The van der Waals surface area contributed by atoms with Crippen LogP contribution in [0.5, 0.6) is 0 Å². The molecule has 0 aromatic rings. The standard InChI is InChI=1S/C3H5ClN2OS/c4-1-2(7)6-3(5)8/h1H2,(H3,5,6,7,8). The largest absolute Gasteiger partial charge is 0.305 e. The van der Waals surface area contributed by atoms with Gasteiger partial charge in [-0.1, -0.05) is 0 Å². The summed E-state index contributed by atoms with van der Waals surface area (Å²) in [7, 11) is 0. The molecule has 0 radical (unpaired) electrons. The van der Waals surface area contributed by atoms with E-state index < -0.39 is 5.91 Å². The molecule has 5 heteroatoms. The van der Waals surface area contributed by atoms with E-state index in [4.69, 9.17) is 17.0 Å². The van der Waals surface area contributed by atoms with Crippen molar-refractivity contribution in [3.05, 3.63) is 0 Å². The van der Waals surface area contributed by atoms with Crippen molar-refractivity contribution in [1.29, 1.82) is 5.41 Å². The summed E-state index contributed by atoms with van der Waals surface area (Å²) in [6, 6.07) is 0. The van der Waals surface area contributed by atoms with Crippen molar-refractivity contribution in [2.24, 2.45) is 0 Å². The van der Waals surface area contributed by atoms with Crippen LogP contribution in [-0.4, -0.2) is 17.0 Å². The molecule has 0 spiro atoms. The second kappa shape index (κ2) is 3.74. The number of carbonyl (C=O) groups is 1. The van der Waals surface area contributed by atoms with Crippen LogP contribution in [0.1, 0.15) is 0 Å². The number of carbonyl (C=O) groups excluding carboxylic acids is 1. The van der Waals surface area contributed by atoms with Crippen LogP contribution < -0.4 is 5.32 Å². The van der Waals surface area contributed by atoms with Crippen LogP contribution in [0.2, 0.25) is 0 Å². The molecule has 0 aliphatic rings. The zero-order valence-corrected chi connectivity index (χ0v) is 5.59. The number of nitrogens with one attached hydrogen (secondary N) is 2. The second-order valence-corrected chi connectivity index (χ2v) is 1.74. The van der Waals surface area contributed by atoms with Crippen LogP contribution in [0.25, 0.3) is 0 Å². The van der Waals surface area contributed by atoms with Gasteiger partial charge in [-0.15, -0.1) is 24.2 Å². The Morgan fingerprint density at radius 3 is 2.50 bits per heavy atom. The van der Waals surface area contributed by atoms with Gasteiger partial charge in [0.05, 0.1) is 0 Å². The number of hydrogen-bond acceptors (Lipinski definition) is 2. The van der Waals surface area contributed by atoms with Crippen molar-refractivity contribution in [2.75, 3.05) is 5.88 Å². The molecule has 0 saturated heterocycles. The Balaban J connectivity index is 3.40. The molecular formula is C3H5ClN2OS. The van der Waals surface area contributed by atoms with Crippen molar-refractivity contribution in [3.63, 3.8) is 0 Å². The van der Waals surface area contributed by atoms with Crippen LogP contribution in [0, 0.1) is 5.41 Å². The molecule has 2 N–H and O–H groups in total. The number of rotatable bonds is 1. The maximum atomic E-state index is 10.2. The van der Waals surface area contributed by atoms with Crippen molar-refractivity contribution in [2.45, 2.75) is 0 Å². The van der Waals surface area contributed by atoms with Gasteiger partial charge < -0.3 is 5.32 Å². The molecule has 0 rings (SSSR count). The van der Waals surface area contributed by atoms with Crippen molar-refractivity contribution >= 4 is 35.3 Å². The van der Waals surface area contributed by atoms with Gasteiger partial charge in [-0.3, -0.25) is 10.2 Å². The van der Waals surface area contributed by atoms with E-state index in [9.17, 15) is 4.79 Å². The Hall–Kier alpha value is -0.220. The third-order valence-corrected chi connectivity index (χ3v) is 0.734. The van der Waals surface area contributed by atoms with E-state index >= 15 is 0 Å². The Bertz CT molecular complexity index is 116. The fourth-order valence-electron chi connectivity index (χ4n) is 0.165. The summed E-state index contributed by atoms with van der Waals surface area (Å²) in [5.41, 5.74) is 0. The molecule has 1 amide bonds. The van der Waals surface area contributed by atoms with Gasteiger partial charge in [-0.25, -0.2) is 0 Å². The Morgan fingerprint density at radius 1 is 1.88 bits per heavy atom. The molecule has 0 unspecified atom stereocenters. The van der Waals surface area contributed by atoms with E-state index in [1.807, 2.05) is 0 Å². The third kappa shape index (κ3) is 3.95. The summed E-state index contributed by atoms with van der Waals surface area (Å²) >= 11 is 8.54. The Labute approximate surface area is 57.3 Å². The van der Waals surface area contributed by atoms with Gasteiger partial charge in [0.25, 0.3) is 0 Å². The summed E-state index contributed by atoms with van der Waals surface area (Å²) in [5.74, 6) is -0.546. The summed E-state index contributed by atoms with van der Waals surface area (Å²) < 4.78 is 0. The summed E-state index contributed by atoms with van der Waals surface area (Å²) in [5, 5.41) is 8.49. The van der Waals surface area contributed by atoms with E-state index in [-0.39, 0.29) is 11.0 Å². The number of halogens is 1. The first-order chi connectivity index (χ1) is 3.66. The maximum absolute atomic E-state index is 10.2. The minimum absolute atomic E-state index is 0.136. The highest BCUT2D eigenvalue weighted by Gasteiger charge is 1.95. The lowest BCUT2D eigenvalue weighted by molar-refractivity contribution is -0.117. The lowest BCUT2D eigenvalue weighted by Crippen LogP contribution is -2.26.